The van der Waals surface area contributed by atoms with E-state index in [9.17, 15) is 4.79 Å². The van der Waals surface area contributed by atoms with Crippen LogP contribution in [0.1, 0.15) is 26.3 Å². The first kappa shape index (κ1) is 12.6. The number of carbonyl (C=O) groups excluding carboxylic acids is 1. The second-order valence-corrected chi connectivity index (χ2v) is 5.33. The van der Waals surface area contributed by atoms with Crippen molar-refractivity contribution in [2.75, 3.05) is 11.4 Å². The van der Waals surface area contributed by atoms with Crippen molar-refractivity contribution in [3.05, 3.63) is 29.8 Å². The molecule has 0 aromatic heterocycles. The first-order chi connectivity index (χ1) is 8.43. The molecule has 1 N–H and O–H groups in total. The predicted octanol–water partition coefficient (Wildman–Crippen LogP) is 1.66. The summed E-state index contributed by atoms with van der Waals surface area (Å²) in [7, 11) is 0. The number of hydrogen-bond donors (Lipinski definition) is 1. The van der Waals surface area contributed by atoms with E-state index in [-0.39, 0.29) is 17.5 Å². The molecule has 0 saturated carbocycles. The van der Waals surface area contributed by atoms with Gasteiger partial charge in [0, 0.05) is 17.8 Å². The highest BCUT2D eigenvalue weighted by atomic mass is 16.2. The van der Waals surface area contributed by atoms with Crippen LogP contribution in [0.4, 0.5) is 5.69 Å². The Labute approximate surface area is 107 Å². The monoisotopic (exact) mass is 243 g/mol. The molecule has 1 aliphatic heterocycles. The topological polar surface area (TPSA) is 56.1 Å². The molecule has 4 heteroatoms. The highest BCUT2D eigenvalue weighted by Crippen LogP contribution is 2.23. The molecule has 0 bridgehead atoms. The van der Waals surface area contributed by atoms with Crippen LogP contribution in [0.3, 0.4) is 0 Å². The van der Waals surface area contributed by atoms with Gasteiger partial charge < -0.3 is 4.90 Å². The highest BCUT2D eigenvalue weighted by molar-refractivity contribution is 5.98. The Balaban J connectivity index is 2.30. The third-order valence-electron chi connectivity index (χ3n) is 3.11. The molecule has 1 saturated heterocycles. The third kappa shape index (κ3) is 2.36. The van der Waals surface area contributed by atoms with Crippen molar-refractivity contribution in [1.82, 2.24) is 5.32 Å². The van der Waals surface area contributed by atoms with E-state index in [0.717, 1.165) is 5.69 Å². The maximum absolute atomic E-state index is 12.2. The Hall–Kier alpha value is -1.86. The van der Waals surface area contributed by atoms with Crippen molar-refractivity contribution in [1.29, 1.82) is 5.26 Å². The lowest BCUT2D eigenvalue weighted by atomic mass is 9.98. The Kier molecular flexibility index (Phi) is 3.10. The van der Waals surface area contributed by atoms with E-state index in [0.29, 0.717) is 12.1 Å². The summed E-state index contributed by atoms with van der Waals surface area (Å²) in [6.45, 7) is 6.65. The van der Waals surface area contributed by atoms with Crippen LogP contribution in [-0.4, -0.2) is 24.0 Å². The molecule has 1 aromatic carbocycles. The molecule has 1 fully saturated rings. The fourth-order valence-corrected chi connectivity index (χ4v) is 2.33. The van der Waals surface area contributed by atoms with Crippen molar-refractivity contribution in [2.24, 2.45) is 0 Å². The number of nitriles is 1. The average Bonchev–Trinajstić information content (AvgIpc) is 2.33. The Morgan fingerprint density at radius 1 is 1.39 bits per heavy atom. The molecule has 1 heterocycles. The molecule has 18 heavy (non-hydrogen) atoms. The third-order valence-corrected chi connectivity index (χ3v) is 3.11. The van der Waals surface area contributed by atoms with Crippen LogP contribution in [0.2, 0.25) is 0 Å². The van der Waals surface area contributed by atoms with Gasteiger partial charge in [-0.1, -0.05) is 0 Å². The summed E-state index contributed by atoms with van der Waals surface area (Å²) in [5, 5.41) is 12.1. The Morgan fingerprint density at radius 3 is 2.56 bits per heavy atom. The maximum Gasteiger partial charge on any atom is 0.243 e. The molecule has 1 atom stereocenters. The van der Waals surface area contributed by atoms with Gasteiger partial charge in [0.2, 0.25) is 5.91 Å². The fraction of sp³-hybridized carbons (Fsp3) is 0.429. The van der Waals surface area contributed by atoms with E-state index < -0.39 is 0 Å². The lowest BCUT2D eigenvalue weighted by molar-refractivity contribution is -0.122. The minimum Gasteiger partial charge on any atom is -0.309 e. The second-order valence-electron chi connectivity index (χ2n) is 5.33. The molecule has 1 unspecified atom stereocenters. The van der Waals surface area contributed by atoms with Crippen LogP contribution < -0.4 is 10.2 Å². The number of piperazine rings is 1. The van der Waals surface area contributed by atoms with Gasteiger partial charge in [-0.05, 0) is 45.0 Å². The molecule has 1 aromatic rings. The minimum absolute atomic E-state index is 0.0685. The van der Waals surface area contributed by atoms with Crippen LogP contribution in [0.25, 0.3) is 0 Å². The van der Waals surface area contributed by atoms with E-state index in [1.807, 2.05) is 19.1 Å². The summed E-state index contributed by atoms with van der Waals surface area (Å²) >= 11 is 0. The number of amides is 1. The summed E-state index contributed by atoms with van der Waals surface area (Å²) in [4.78, 5) is 13.9. The van der Waals surface area contributed by atoms with E-state index in [1.165, 1.54) is 0 Å². The normalized spacial score (nSPS) is 22.7. The molecule has 94 valence electrons. The summed E-state index contributed by atoms with van der Waals surface area (Å²) in [6.07, 6.45) is 0. The first-order valence-corrected chi connectivity index (χ1v) is 6.02. The highest BCUT2D eigenvalue weighted by Gasteiger charge is 2.36. The van der Waals surface area contributed by atoms with Gasteiger partial charge in [0.15, 0.2) is 0 Å². The van der Waals surface area contributed by atoms with Gasteiger partial charge >= 0.3 is 0 Å². The van der Waals surface area contributed by atoms with Crippen LogP contribution in [-0.2, 0) is 4.79 Å². The Morgan fingerprint density at radius 2 is 2.00 bits per heavy atom. The quantitative estimate of drug-likeness (QED) is 0.816. The van der Waals surface area contributed by atoms with Gasteiger partial charge in [-0.3, -0.25) is 10.1 Å². The molecule has 0 spiro atoms. The van der Waals surface area contributed by atoms with E-state index in [1.54, 1.807) is 17.0 Å². The van der Waals surface area contributed by atoms with E-state index >= 15 is 0 Å². The van der Waals surface area contributed by atoms with Crippen molar-refractivity contribution >= 4 is 11.6 Å². The van der Waals surface area contributed by atoms with Gasteiger partial charge in [-0.2, -0.15) is 5.26 Å². The van der Waals surface area contributed by atoms with E-state index in [2.05, 4.69) is 25.2 Å². The standard InChI is InChI=1S/C14H17N3O/c1-10-13(18)17(9-14(2,3)16-10)12-6-4-11(8-15)5-7-12/h4-7,10,16H,9H2,1-3H3. The zero-order valence-electron chi connectivity index (χ0n) is 10.9. The number of carbonyl (C=O) groups is 1. The van der Waals surface area contributed by atoms with Crippen molar-refractivity contribution in [3.63, 3.8) is 0 Å². The van der Waals surface area contributed by atoms with Gasteiger partial charge in [-0.15, -0.1) is 0 Å². The number of rotatable bonds is 1. The van der Waals surface area contributed by atoms with Crippen LogP contribution in [0, 0.1) is 11.3 Å². The molecule has 1 aliphatic rings. The molecule has 0 radical (unpaired) electrons. The number of benzene rings is 1. The van der Waals surface area contributed by atoms with Crippen LogP contribution >= 0.6 is 0 Å². The van der Waals surface area contributed by atoms with Crippen molar-refractivity contribution in [2.45, 2.75) is 32.4 Å². The van der Waals surface area contributed by atoms with Crippen molar-refractivity contribution < 1.29 is 4.79 Å². The Bertz CT molecular complexity index is 499. The number of nitrogens with zero attached hydrogens (tertiary/aromatic N) is 2. The van der Waals surface area contributed by atoms with Gasteiger partial charge in [0.25, 0.3) is 0 Å². The number of anilines is 1. The lowest BCUT2D eigenvalue weighted by Gasteiger charge is -2.42. The molecule has 1 amide bonds. The van der Waals surface area contributed by atoms with Crippen molar-refractivity contribution in [3.8, 4) is 6.07 Å². The molecule has 0 aliphatic carbocycles. The van der Waals surface area contributed by atoms with Gasteiger partial charge in [-0.25, -0.2) is 0 Å². The SMILES string of the molecule is CC1NC(C)(C)CN(c2ccc(C#N)cc2)C1=O. The van der Waals surface area contributed by atoms with Gasteiger partial charge in [0.1, 0.15) is 0 Å². The summed E-state index contributed by atoms with van der Waals surface area (Å²) in [6, 6.07) is 9.01. The molecule has 2 rings (SSSR count). The number of nitrogens with one attached hydrogen (secondary N) is 1. The number of hydrogen-bond acceptors (Lipinski definition) is 3. The average molecular weight is 243 g/mol. The zero-order chi connectivity index (χ0) is 13.3. The predicted molar refractivity (Wildman–Crippen MR) is 70.2 cm³/mol. The molecular weight excluding hydrogens is 226 g/mol. The minimum atomic E-state index is -0.190. The lowest BCUT2D eigenvalue weighted by Crippen LogP contribution is -2.64. The second kappa shape index (κ2) is 4.43. The first-order valence-electron chi connectivity index (χ1n) is 6.02. The molecule has 4 nitrogen and oxygen atoms in total. The van der Waals surface area contributed by atoms with Gasteiger partial charge in [0.05, 0.1) is 17.7 Å². The molecular formula is C14H17N3O. The smallest absolute Gasteiger partial charge is 0.243 e. The van der Waals surface area contributed by atoms with E-state index in [4.69, 9.17) is 5.26 Å². The summed E-state index contributed by atoms with van der Waals surface area (Å²) < 4.78 is 0. The largest absolute Gasteiger partial charge is 0.309 e. The summed E-state index contributed by atoms with van der Waals surface area (Å²) in [5.74, 6) is 0.0685. The van der Waals surface area contributed by atoms with Crippen LogP contribution in [0.5, 0.6) is 0 Å². The fourth-order valence-electron chi connectivity index (χ4n) is 2.33. The van der Waals surface area contributed by atoms with Crippen LogP contribution in [0.15, 0.2) is 24.3 Å². The maximum atomic E-state index is 12.2. The zero-order valence-corrected chi connectivity index (χ0v) is 10.9. The summed E-state index contributed by atoms with van der Waals surface area (Å²) in [5.41, 5.74) is 1.34.